The first kappa shape index (κ1) is 20.0. The summed E-state index contributed by atoms with van der Waals surface area (Å²) < 4.78 is 0. The molecular formula is C22H21Cl2N3O2. The molecule has 0 unspecified atom stereocenters. The van der Waals surface area contributed by atoms with Crippen LogP contribution in [-0.2, 0) is 24.3 Å². The van der Waals surface area contributed by atoms with Gasteiger partial charge in [0.15, 0.2) is 5.43 Å². The van der Waals surface area contributed by atoms with Crippen LogP contribution in [-0.4, -0.2) is 28.9 Å². The van der Waals surface area contributed by atoms with E-state index in [2.05, 4.69) is 10.3 Å². The van der Waals surface area contributed by atoms with Gasteiger partial charge in [-0.15, -0.1) is 0 Å². The predicted molar refractivity (Wildman–Crippen MR) is 117 cm³/mol. The molecule has 150 valence electrons. The molecule has 5 nitrogen and oxygen atoms in total. The number of nitrogens with one attached hydrogen (secondary N) is 2. The lowest BCUT2D eigenvalue weighted by Crippen LogP contribution is -2.41. The summed E-state index contributed by atoms with van der Waals surface area (Å²) in [4.78, 5) is 30.8. The summed E-state index contributed by atoms with van der Waals surface area (Å²) in [5.41, 5.74) is 4.31. The van der Waals surface area contributed by atoms with Gasteiger partial charge in [-0.1, -0.05) is 35.3 Å². The molecule has 29 heavy (non-hydrogen) atoms. The van der Waals surface area contributed by atoms with Crippen LogP contribution in [0.2, 0.25) is 10.0 Å². The van der Waals surface area contributed by atoms with Crippen molar-refractivity contribution in [3.63, 3.8) is 0 Å². The Morgan fingerprint density at radius 3 is 2.86 bits per heavy atom. The highest BCUT2D eigenvalue weighted by molar-refractivity contribution is 6.32. The van der Waals surface area contributed by atoms with E-state index in [0.29, 0.717) is 41.5 Å². The molecule has 1 aromatic heterocycles. The molecule has 0 spiro atoms. The number of H-pyrrole nitrogens is 1. The molecule has 1 amide bonds. The number of aromatic amines is 1. The van der Waals surface area contributed by atoms with E-state index in [-0.39, 0.29) is 17.9 Å². The number of aromatic nitrogens is 1. The summed E-state index contributed by atoms with van der Waals surface area (Å²) in [6.07, 6.45) is 0.689. The van der Waals surface area contributed by atoms with E-state index >= 15 is 0 Å². The van der Waals surface area contributed by atoms with Crippen molar-refractivity contribution in [1.29, 1.82) is 0 Å². The van der Waals surface area contributed by atoms with Gasteiger partial charge in [0.25, 0.3) is 0 Å². The zero-order valence-electron chi connectivity index (χ0n) is 16.0. The van der Waals surface area contributed by atoms with Gasteiger partial charge in [0.05, 0.1) is 12.1 Å². The van der Waals surface area contributed by atoms with Crippen LogP contribution < -0.4 is 10.7 Å². The molecule has 0 radical (unpaired) electrons. The van der Waals surface area contributed by atoms with Crippen molar-refractivity contribution in [2.24, 2.45) is 0 Å². The molecule has 4 rings (SSSR count). The highest BCUT2D eigenvalue weighted by Crippen LogP contribution is 2.25. The Labute approximate surface area is 178 Å². The number of nitrogens with zero attached hydrogens (tertiary/aromatic N) is 1. The van der Waals surface area contributed by atoms with Crippen molar-refractivity contribution in [2.75, 3.05) is 13.1 Å². The average molecular weight is 430 g/mol. The maximum atomic E-state index is 13.0. The van der Waals surface area contributed by atoms with Crippen LogP contribution in [0.25, 0.3) is 10.9 Å². The maximum absolute atomic E-state index is 13.0. The number of hydrogen-bond acceptors (Lipinski definition) is 3. The third-order valence-corrected chi connectivity index (χ3v) is 6.01. The number of amides is 1. The Bertz CT molecular complexity index is 1160. The van der Waals surface area contributed by atoms with Crippen molar-refractivity contribution in [3.05, 3.63) is 79.1 Å². The molecule has 0 atom stereocenters. The monoisotopic (exact) mass is 429 g/mol. The average Bonchev–Trinajstić information content (AvgIpc) is 2.70. The topological polar surface area (TPSA) is 65.2 Å². The smallest absolute Gasteiger partial charge is 0.234 e. The molecule has 2 N–H and O–H groups in total. The molecule has 0 aliphatic carbocycles. The second-order valence-corrected chi connectivity index (χ2v) is 8.22. The fourth-order valence-corrected chi connectivity index (χ4v) is 4.13. The summed E-state index contributed by atoms with van der Waals surface area (Å²) in [5.74, 6) is -0.0757. The first-order chi connectivity index (χ1) is 13.9. The van der Waals surface area contributed by atoms with E-state index in [1.807, 2.05) is 30.0 Å². The molecule has 2 aromatic carbocycles. The van der Waals surface area contributed by atoms with Crippen LogP contribution in [0.15, 0.2) is 41.2 Å². The molecule has 1 aliphatic rings. The van der Waals surface area contributed by atoms with Gasteiger partial charge in [-0.05, 0) is 42.3 Å². The van der Waals surface area contributed by atoms with Crippen molar-refractivity contribution in [1.82, 2.24) is 15.2 Å². The number of benzene rings is 2. The SMILES string of the molecule is Cc1c(Cl)ccc2c(=O)c3c([nH]c12)CCN(CC(=O)NCc1cccc(Cl)c1)C3. The Morgan fingerprint density at radius 1 is 1.24 bits per heavy atom. The van der Waals surface area contributed by atoms with Gasteiger partial charge in [-0.3, -0.25) is 14.5 Å². The summed E-state index contributed by atoms with van der Waals surface area (Å²) >= 11 is 12.2. The van der Waals surface area contributed by atoms with Gasteiger partial charge >= 0.3 is 0 Å². The van der Waals surface area contributed by atoms with E-state index in [4.69, 9.17) is 23.2 Å². The fraction of sp³-hybridized carbons (Fsp3) is 0.273. The zero-order valence-corrected chi connectivity index (χ0v) is 17.5. The van der Waals surface area contributed by atoms with E-state index in [0.717, 1.165) is 27.9 Å². The maximum Gasteiger partial charge on any atom is 0.234 e. The van der Waals surface area contributed by atoms with Gasteiger partial charge in [0.1, 0.15) is 0 Å². The largest absolute Gasteiger partial charge is 0.358 e. The Hall–Kier alpha value is -2.34. The lowest BCUT2D eigenvalue weighted by molar-refractivity contribution is -0.122. The van der Waals surface area contributed by atoms with E-state index in [9.17, 15) is 9.59 Å². The van der Waals surface area contributed by atoms with Crippen LogP contribution in [0.1, 0.15) is 22.4 Å². The minimum absolute atomic E-state index is 0.0116. The highest BCUT2D eigenvalue weighted by atomic mass is 35.5. The number of hydrogen-bond donors (Lipinski definition) is 2. The number of carbonyl (C=O) groups is 1. The van der Waals surface area contributed by atoms with Crippen LogP contribution >= 0.6 is 23.2 Å². The second-order valence-electron chi connectivity index (χ2n) is 7.37. The first-order valence-electron chi connectivity index (χ1n) is 9.48. The third-order valence-electron chi connectivity index (χ3n) is 5.36. The molecule has 0 fully saturated rings. The van der Waals surface area contributed by atoms with Gasteiger partial charge in [0.2, 0.25) is 5.91 Å². The number of fused-ring (bicyclic) bond motifs is 2. The van der Waals surface area contributed by atoms with Crippen molar-refractivity contribution >= 4 is 40.0 Å². The second kappa shape index (κ2) is 8.19. The molecule has 1 aliphatic heterocycles. The van der Waals surface area contributed by atoms with E-state index < -0.39 is 0 Å². The minimum Gasteiger partial charge on any atom is -0.358 e. The molecule has 0 saturated carbocycles. The third kappa shape index (κ3) is 4.17. The van der Waals surface area contributed by atoms with Crippen molar-refractivity contribution < 1.29 is 4.79 Å². The molecule has 2 heterocycles. The highest BCUT2D eigenvalue weighted by Gasteiger charge is 2.23. The summed E-state index contributed by atoms with van der Waals surface area (Å²) in [6, 6.07) is 10.9. The fourth-order valence-electron chi connectivity index (χ4n) is 3.76. The number of halogens is 2. The van der Waals surface area contributed by atoms with Crippen molar-refractivity contribution in [3.8, 4) is 0 Å². The lowest BCUT2D eigenvalue weighted by atomic mass is 10.0. The standard InChI is InChI=1S/C22H21Cl2N3O2/c1-13-18(24)6-5-16-21(13)26-19-7-8-27(11-17(19)22(16)29)12-20(28)25-10-14-3-2-4-15(23)9-14/h2-6,9H,7-8,10-12H2,1H3,(H,25,28)(H,26,29). The van der Waals surface area contributed by atoms with Gasteiger partial charge in [0, 0.05) is 52.7 Å². The van der Waals surface area contributed by atoms with Crippen LogP contribution in [0.4, 0.5) is 0 Å². The summed E-state index contributed by atoms with van der Waals surface area (Å²) in [7, 11) is 0. The lowest BCUT2D eigenvalue weighted by Gasteiger charge is -2.28. The normalized spacial score (nSPS) is 14.0. The summed E-state index contributed by atoms with van der Waals surface area (Å²) in [6.45, 7) is 3.74. The number of rotatable bonds is 4. The van der Waals surface area contributed by atoms with E-state index in [1.54, 1.807) is 18.2 Å². The molecule has 0 saturated heterocycles. The number of pyridine rings is 1. The Kier molecular flexibility index (Phi) is 5.63. The van der Waals surface area contributed by atoms with Crippen LogP contribution in [0.5, 0.6) is 0 Å². The predicted octanol–water partition coefficient (Wildman–Crippen LogP) is 3.82. The van der Waals surface area contributed by atoms with Crippen LogP contribution in [0, 0.1) is 6.92 Å². The summed E-state index contributed by atoms with van der Waals surface area (Å²) in [5, 5.41) is 4.84. The molecular weight excluding hydrogens is 409 g/mol. The molecule has 3 aromatic rings. The molecule has 0 bridgehead atoms. The Balaban J connectivity index is 1.47. The van der Waals surface area contributed by atoms with Crippen molar-refractivity contribution in [2.45, 2.75) is 26.4 Å². The number of aryl methyl sites for hydroxylation is 1. The Morgan fingerprint density at radius 2 is 2.07 bits per heavy atom. The van der Waals surface area contributed by atoms with E-state index in [1.165, 1.54) is 0 Å². The quantitative estimate of drug-likeness (QED) is 0.662. The van der Waals surface area contributed by atoms with Gasteiger partial charge < -0.3 is 10.3 Å². The van der Waals surface area contributed by atoms with Gasteiger partial charge in [-0.25, -0.2) is 0 Å². The minimum atomic E-state index is -0.0757. The molecule has 7 heteroatoms. The first-order valence-corrected chi connectivity index (χ1v) is 10.2. The zero-order chi connectivity index (χ0) is 20.5. The van der Waals surface area contributed by atoms with Crippen LogP contribution in [0.3, 0.4) is 0 Å². The van der Waals surface area contributed by atoms with Gasteiger partial charge in [-0.2, -0.15) is 0 Å². The number of carbonyl (C=O) groups excluding carboxylic acids is 1.